The first-order valence-corrected chi connectivity index (χ1v) is 9.53. The van der Waals surface area contributed by atoms with Gasteiger partial charge in [-0.25, -0.2) is 0 Å². The van der Waals surface area contributed by atoms with Crippen LogP contribution in [0.15, 0.2) is 72.8 Å². The zero-order valence-electron chi connectivity index (χ0n) is 16.0. The highest BCUT2D eigenvalue weighted by Crippen LogP contribution is 2.45. The Bertz CT molecular complexity index is 1130. The van der Waals surface area contributed by atoms with Crippen LogP contribution in [0.2, 0.25) is 0 Å². The lowest BCUT2D eigenvalue weighted by molar-refractivity contribution is -0.138. The molecule has 31 heavy (non-hydrogen) atoms. The number of fused-ring (bicyclic) bond motifs is 1. The molecule has 3 aromatic carbocycles. The summed E-state index contributed by atoms with van der Waals surface area (Å²) in [4.78, 5) is 14.3. The molecule has 5 nitrogen and oxygen atoms in total. The average molecular weight is 427 g/mol. The van der Waals surface area contributed by atoms with Crippen molar-refractivity contribution in [3.05, 3.63) is 83.9 Å². The third-order valence-corrected chi connectivity index (χ3v) is 5.24. The lowest BCUT2D eigenvalue weighted by Crippen LogP contribution is -2.61. The maximum absolute atomic E-state index is 13.2. The van der Waals surface area contributed by atoms with E-state index in [2.05, 4.69) is 0 Å². The zero-order valence-corrected chi connectivity index (χ0v) is 16.0. The van der Waals surface area contributed by atoms with Crippen molar-refractivity contribution in [3.63, 3.8) is 0 Å². The number of amides is 1. The van der Waals surface area contributed by atoms with E-state index < -0.39 is 29.8 Å². The second kappa shape index (κ2) is 7.23. The highest BCUT2D eigenvalue weighted by Gasteiger charge is 2.51. The Morgan fingerprint density at radius 1 is 0.903 bits per heavy atom. The molecule has 5 rings (SSSR count). The van der Waals surface area contributed by atoms with Crippen molar-refractivity contribution in [3.8, 4) is 17.2 Å². The van der Waals surface area contributed by atoms with Gasteiger partial charge in [0.2, 0.25) is 12.9 Å². The quantitative estimate of drug-likeness (QED) is 0.552. The maximum Gasteiger partial charge on any atom is 0.416 e. The first-order chi connectivity index (χ1) is 14.9. The Labute approximate surface area is 175 Å². The summed E-state index contributed by atoms with van der Waals surface area (Å²) in [7, 11) is 0. The van der Waals surface area contributed by atoms with Gasteiger partial charge >= 0.3 is 6.18 Å². The van der Waals surface area contributed by atoms with E-state index in [-0.39, 0.29) is 12.5 Å². The summed E-state index contributed by atoms with van der Waals surface area (Å²) in [5.74, 6) is 1.15. The van der Waals surface area contributed by atoms with Crippen LogP contribution in [0, 0.1) is 0 Å². The summed E-state index contributed by atoms with van der Waals surface area (Å²) >= 11 is 0. The second-order valence-corrected chi connectivity index (χ2v) is 7.17. The Balaban J connectivity index is 1.53. The van der Waals surface area contributed by atoms with Crippen molar-refractivity contribution >= 4 is 11.6 Å². The molecule has 2 atom stereocenters. The first-order valence-electron chi connectivity index (χ1n) is 9.53. The van der Waals surface area contributed by atoms with Crippen molar-refractivity contribution in [2.45, 2.75) is 18.3 Å². The van der Waals surface area contributed by atoms with Crippen LogP contribution in [-0.4, -0.2) is 18.8 Å². The molecule has 0 radical (unpaired) electrons. The van der Waals surface area contributed by atoms with E-state index in [1.807, 2.05) is 6.07 Å². The molecule has 158 valence electrons. The topological polar surface area (TPSA) is 48.0 Å². The molecule has 3 aromatic rings. The second-order valence-electron chi connectivity index (χ2n) is 7.17. The molecule has 0 unspecified atom stereocenters. The van der Waals surface area contributed by atoms with Crippen LogP contribution >= 0.6 is 0 Å². The molecule has 0 aliphatic carbocycles. The highest BCUT2D eigenvalue weighted by molar-refractivity contribution is 6.05. The van der Waals surface area contributed by atoms with Crippen LogP contribution in [0.4, 0.5) is 18.9 Å². The number of benzene rings is 3. The number of alkyl halides is 3. The van der Waals surface area contributed by atoms with Crippen LogP contribution < -0.4 is 19.1 Å². The number of anilines is 1. The summed E-state index contributed by atoms with van der Waals surface area (Å²) in [5, 5.41) is 0. The third kappa shape index (κ3) is 3.43. The van der Waals surface area contributed by atoms with Gasteiger partial charge in [-0.15, -0.1) is 0 Å². The molecule has 1 saturated heterocycles. The number of para-hydroxylation sites is 1. The van der Waals surface area contributed by atoms with E-state index >= 15 is 0 Å². The monoisotopic (exact) mass is 427 g/mol. The van der Waals surface area contributed by atoms with Crippen LogP contribution in [0.3, 0.4) is 0 Å². The molecular weight excluding hydrogens is 411 g/mol. The molecular formula is C23H16F3NO4. The van der Waals surface area contributed by atoms with E-state index in [0.717, 1.165) is 12.1 Å². The van der Waals surface area contributed by atoms with E-state index in [0.29, 0.717) is 22.8 Å². The molecule has 8 heteroatoms. The minimum atomic E-state index is -4.52. The average Bonchev–Trinajstić information content (AvgIpc) is 3.23. The van der Waals surface area contributed by atoms with Crippen molar-refractivity contribution in [2.24, 2.45) is 0 Å². The van der Waals surface area contributed by atoms with Gasteiger partial charge in [-0.1, -0.05) is 30.3 Å². The Morgan fingerprint density at radius 3 is 2.45 bits per heavy atom. The fourth-order valence-electron chi connectivity index (χ4n) is 3.76. The summed E-state index contributed by atoms with van der Waals surface area (Å²) in [6.45, 7) is 0.0870. The van der Waals surface area contributed by atoms with Gasteiger partial charge in [0.1, 0.15) is 11.8 Å². The van der Waals surface area contributed by atoms with Crippen LogP contribution in [0.1, 0.15) is 17.2 Å². The maximum atomic E-state index is 13.2. The predicted octanol–water partition coefficient (Wildman–Crippen LogP) is 4.97. The number of carbonyl (C=O) groups excluding carboxylic acids is 1. The molecule has 1 fully saturated rings. The highest BCUT2D eigenvalue weighted by atomic mass is 19.4. The van der Waals surface area contributed by atoms with Crippen molar-refractivity contribution in [1.29, 1.82) is 0 Å². The van der Waals surface area contributed by atoms with Crippen molar-refractivity contribution in [1.82, 2.24) is 0 Å². The van der Waals surface area contributed by atoms with Crippen LogP contribution in [0.5, 0.6) is 17.2 Å². The number of hydrogen-bond donors (Lipinski definition) is 0. The molecule has 0 aromatic heterocycles. The Kier molecular flexibility index (Phi) is 4.50. The van der Waals surface area contributed by atoms with Crippen molar-refractivity contribution in [2.75, 3.05) is 11.7 Å². The summed E-state index contributed by atoms with van der Waals surface area (Å²) < 4.78 is 56.4. The summed E-state index contributed by atoms with van der Waals surface area (Å²) in [6.07, 6.45) is -5.41. The number of halogens is 3. The van der Waals surface area contributed by atoms with Gasteiger partial charge in [0.25, 0.3) is 5.91 Å². The zero-order chi connectivity index (χ0) is 21.6. The van der Waals surface area contributed by atoms with E-state index in [4.69, 9.17) is 14.2 Å². The van der Waals surface area contributed by atoms with Gasteiger partial charge in [-0.3, -0.25) is 9.69 Å². The summed E-state index contributed by atoms with van der Waals surface area (Å²) in [5.41, 5.74) is -0.00717. The van der Waals surface area contributed by atoms with E-state index in [9.17, 15) is 18.0 Å². The standard InChI is InChI=1S/C23H16F3NO4/c24-23(25,26)15-5-4-6-16(12-15)27-20(14-9-10-18-19(11-14)30-13-29-18)21(22(27)28)31-17-7-2-1-3-8-17/h1-12,20-21H,13H2/t20-,21-/m0/s1. The minimum Gasteiger partial charge on any atom is -0.478 e. The fourth-order valence-corrected chi connectivity index (χ4v) is 3.76. The lowest BCUT2D eigenvalue weighted by Gasteiger charge is -2.46. The van der Waals surface area contributed by atoms with Gasteiger partial charge in [-0.05, 0) is 48.0 Å². The number of β-lactam (4-membered cyclic amide) rings is 1. The molecule has 0 saturated carbocycles. The number of carbonyl (C=O) groups is 1. The Hall–Kier alpha value is -3.68. The van der Waals surface area contributed by atoms with Gasteiger partial charge in [0.15, 0.2) is 11.5 Å². The molecule has 1 amide bonds. The minimum absolute atomic E-state index is 0.0870. The molecule has 0 spiro atoms. The summed E-state index contributed by atoms with van der Waals surface area (Å²) in [6, 6.07) is 18.1. The van der Waals surface area contributed by atoms with Gasteiger partial charge < -0.3 is 14.2 Å². The number of nitrogens with zero attached hydrogens (tertiary/aromatic N) is 1. The number of rotatable bonds is 4. The lowest BCUT2D eigenvalue weighted by atomic mass is 9.89. The normalized spacial score (nSPS) is 19.8. The first kappa shape index (κ1) is 19.3. The number of hydrogen-bond acceptors (Lipinski definition) is 4. The predicted molar refractivity (Wildman–Crippen MR) is 105 cm³/mol. The van der Waals surface area contributed by atoms with Crippen LogP contribution in [0.25, 0.3) is 0 Å². The smallest absolute Gasteiger partial charge is 0.416 e. The SMILES string of the molecule is O=C1[C@@H](Oc2ccccc2)[C@H](c2ccc3c(c2)OCO3)N1c1cccc(C(F)(F)F)c1. The Morgan fingerprint density at radius 2 is 1.68 bits per heavy atom. The third-order valence-electron chi connectivity index (χ3n) is 5.24. The molecule has 0 bridgehead atoms. The number of ether oxygens (including phenoxy) is 3. The molecule has 2 aliphatic rings. The van der Waals surface area contributed by atoms with Crippen LogP contribution in [-0.2, 0) is 11.0 Å². The molecule has 2 aliphatic heterocycles. The largest absolute Gasteiger partial charge is 0.478 e. The molecule has 0 N–H and O–H groups in total. The van der Waals surface area contributed by atoms with Gasteiger partial charge in [0.05, 0.1) is 5.56 Å². The van der Waals surface area contributed by atoms with Crippen molar-refractivity contribution < 1.29 is 32.2 Å². The van der Waals surface area contributed by atoms with Gasteiger partial charge in [0, 0.05) is 5.69 Å². The fraction of sp³-hybridized carbons (Fsp3) is 0.174. The van der Waals surface area contributed by atoms with E-state index in [1.54, 1.807) is 42.5 Å². The van der Waals surface area contributed by atoms with E-state index in [1.165, 1.54) is 17.0 Å². The molecule has 2 heterocycles. The van der Waals surface area contributed by atoms with Gasteiger partial charge in [-0.2, -0.15) is 13.2 Å².